The van der Waals surface area contributed by atoms with E-state index in [4.69, 9.17) is 17.2 Å². The number of nitrogens with one attached hydrogen (secondary N) is 4. The highest BCUT2D eigenvalue weighted by atomic mass is 16.4. The average molecular weight is 498 g/mol. The molecule has 35 heavy (non-hydrogen) atoms. The molecule has 1 aromatic heterocycles. The molecule has 1 heterocycles. The van der Waals surface area contributed by atoms with E-state index in [1.54, 1.807) is 0 Å². The van der Waals surface area contributed by atoms with Gasteiger partial charge in [0.25, 0.3) is 0 Å². The molecule has 0 aliphatic carbocycles. The maximum atomic E-state index is 12.7. The van der Waals surface area contributed by atoms with Gasteiger partial charge in [0.15, 0.2) is 0 Å². The molecule has 12 N–H and O–H groups in total. The number of aromatic nitrogens is 2. The number of carbonyl (C=O) groups is 6. The molecule has 5 atom stereocenters. The van der Waals surface area contributed by atoms with E-state index in [2.05, 4.69) is 25.9 Å². The summed E-state index contributed by atoms with van der Waals surface area (Å²) in [5.41, 5.74) is 16.5. The molecule has 5 amide bonds. The molecule has 0 spiro atoms. The van der Waals surface area contributed by atoms with E-state index in [-0.39, 0.29) is 19.3 Å². The van der Waals surface area contributed by atoms with Gasteiger partial charge in [-0.1, -0.05) is 0 Å². The van der Waals surface area contributed by atoms with Crippen LogP contribution in [0.3, 0.4) is 0 Å². The predicted molar refractivity (Wildman–Crippen MR) is 118 cm³/mol. The van der Waals surface area contributed by atoms with Gasteiger partial charge in [0, 0.05) is 24.7 Å². The Bertz CT molecular complexity index is 920. The normalized spacial score (nSPS) is 15.1. The highest BCUT2D eigenvalue weighted by molar-refractivity contribution is 5.96. The first-order valence-corrected chi connectivity index (χ1v) is 10.4. The Morgan fingerprint density at radius 2 is 1.63 bits per heavy atom. The molecule has 1 rings (SSSR count). The lowest BCUT2D eigenvalue weighted by Gasteiger charge is -2.26. The average Bonchev–Trinajstić information content (AvgIpc) is 3.25. The molecule has 0 radical (unpaired) electrons. The first-order valence-electron chi connectivity index (χ1n) is 10.4. The second kappa shape index (κ2) is 13.6. The van der Waals surface area contributed by atoms with Crippen molar-refractivity contribution in [2.45, 2.75) is 62.9 Å². The minimum atomic E-state index is -1.65. The third kappa shape index (κ3) is 10.2. The third-order valence-corrected chi connectivity index (χ3v) is 4.73. The van der Waals surface area contributed by atoms with Crippen molar-refractivity contribution in [3.63, 3.8) is 0 Å². The fourth-order valence-corrected chi connectivity index (χ4v) is 2.88. The number of imidazole rings is 1. The molecule has 0 saturated heterocycles. The Kier molecular flexibility index (Phi) is 11.3. The number of carbonyl (C=O) groups excluding carboxylic acids is 5. The van der Waals surface area contributed by atoms with Crippen LogP contribution in [-0.4, -0.2) is 86.0 Å². The van der Waals surface area contributed by atoms with Crippen molar-refractivity contribution in [2.24, 2.45) is 17.2 Å². The topological polar surface area (TPSA) is 286 Å². The van der Waals surface area contributed by atoms with Gasteiger partial charge in [0.2, 0.25) is 29.5 Å². The van der Waals surface area contributed by atoms with Crippen molar-refractivity contribution >= 4 is 35.5 Å². The first-order chi connectivity index (χ1) is 16.3. The maximum Gasteiger partial charge on any atom is 0.326 e. The Hall–Kier alpha value is -4.05. The van der Waals surface area contributed by atoms with Crippen LogP contribution in [0.2, 0.25) is 0 Å². The fraction of sp³-hybridized carbons (Fsp3) is 0.526. The minimum Gasteiger partial charge on any atom is -0.480 e. The number of primary amides is 2. The van der Waals surface area contributed by atoms with Crippen LogP contribution in [0.25, 0.3) is 0 Å². The number of aliphatic carboxylic acids is 1. The lowest BCUT2D eigenvalue weighted by molar-refractivity contribution is -0.143. The van der Waals surface area contributed by atoms with E-state index in [0.29, 0.717) is 5.69 Å². The second-order valence-corrected chi connectivity index (χ2v) is 7.75. The minimum absolute atomic E-state index is 0.0502. The van der Waals surface area contributed by atoms with Crippen molar-refractivity contribution in [1.82, 2.24) is 25.9 Å². The molecule has 0 aromatic carbocycles. The summed E-state index contributed by atoms with van der Waals surface area (Å²) in [6, 6.07) is -5.89. The van der Waals surface area contributed by atoms with E-state index in [0.717, 1.165) is 0 Å². The Labute approximate surface area is 199 Å². The predicted octanol–water partition coefficient (Wildman–Crippen LogP) is -4.66. The van der Waals surface area contributed by atoms with E-state index in [1.165, 1.54) is 19.4 Å². The number of hydrogen-bond donors (Lipinski definition) is 9. The molecule has 5 unspecified atom stereocenters. The van der Waals surface area contributed by atoms with Crippen LogP contribution >= 0.6 is 0 Å². The number of aliphatic hydroxyl groups excluding tert-OH is 1. The van der Waals surface area contributed by atoms with Gasteiger partial charge in [-0.2, -0.15) is 0 Å². The molecule has 194 valence electrons. The standard InChI is InChI=1S/C19H30N8O8/c1-8(28)15(27-16(31)10(20)4-9-6-23-7-24-9)18(33)26-12(5-14(22)30)17(32)25-11(19(34)35)2-3-13(21)29/h6-8,10-12,15,28H,2-5,20H2,1H3,(H2,21,29)(H2,22,30)(H,23,24)(H,25,32)(H,26,33)(H,27,31)(H,34,35). The smallest absolute Gasteiger partial charge is 0.326 e. The Morgan fingerprint density at radius 1 is 1.00 bits per heavy atom. The lowest BCUT2D eigenvalue weighted by atomic mass is 10.1. The van der Waals surface area contributed by atoms with Crippen LogP contribution < -0.4 is 33.2 Å². The number of rotatable bonds is 15. The molecule has 0 fully saturated rings. The van der Waals surface area contributed by atoms with Crippen LogP contribution in [0.5, 0.6) is 0 Å². The number of amides is 5. The zero-order chi connectivity index (χ0) is 26.7. The van der Waals surface area contributed by atoms with Crippen molar-refractivity contribution in [3.8, 4) is 0 Å². The van der Waals surface area contributed by atoms with E-state index in [9.17, 15) is 39.0 Å². The van der Waals surface area contributed by atoms with Crippen LogP contribution in [0.15, 0.2) is 12.5 Å². The lowest BCUT2D eigenvalue weighted by Crippen LogP contribution is -2.60. The number of nitrogens with zero attached hydrogens (tertiary/aromatic N) is 1. The number of carboxylic acid groups (broad SMARTS) is 1. The quantitative estimate of drug-likeness (QED) is 0.111. The van der Waals surface area contributed by atoms with Gasteiger partial charge in [-0.25, -0.2) is 9.78 Å². The van der Waals surface area contributed by atoms with Crippen molar-refractivity contribution in [2.75, 3.05) is 0 Å². The SMILES string of the molecule is CC(O)C(NC(=O)C(N)Cc1cnc[nH]1)C(=O)NC(CC(N)=O)C(=O)NC(CCC(N)=O)C(=O)O. The van der Waals surface area contributed by atoms with E-state index in [1.807, 2.05) is 0 Å². The van der Waals surface area contributed by atoms with Gasteiger partial charge in [-0.3, -0.25) is 24.0 Å². The second-order valence-electron chi connectivity index (χ2n) is 7.75. The van der Waals surface area contributed by atoms with Gasteiger partial charge in [-0.05, 0) is 13.3 Å². The number of H-pyrrole nitrogens is 1. The summed E-state index contributed by atoms with van der Waals surface area (Å²) in [7, 11) is 0. The van der Waals surface area contributed by atoms with Gasteiger partial charge < -0.3 is 48.3 Å². The Morgan fingerprint density at radius 3 is 2.11 bits per heavy atom. The maximum absolute atomic E-state index is 12.7. The van der Waals surface area contributed by atoms with Gasteiger partial charge in [-0.15, -0.1) is 0 Å². The monoisotopic (exact) mass is 498 g/mol. The third-order valence-electron chi connectivity index (χ3n) is 4.73. The van der Waals surface area contributed by atoms with Crippen molar-refractivity contribution in [3.05, 3.63) is 18.2 Å². The summed E-state index contributed by atoms with van der Waals surface area (Å²) >= 11 is 0. The number of carboxylic acids is 1. The summed E-state index contributed by atoms with van der Waals surface area (Å²) in [4.78, 5) is 78.0. The van der Waals surface area contributed by atoms with Crippen molar-refractivity contribution < 1.29 is 39.0 Å². The fourth-order valence-electron chi connectivity index (χ4n) is 2.88. The summed E-state index contributed by atoms with van der Waals surface area (Å²) in [6.07, 6.45) is 0.0328. The summed E-state index contributed by atoms with van der Waals surface area (Å²) in [6.45, 7) is 1.19. The number of aromatic amines is 1. The molecule has 0 bridgehead atoms. The molecule has 0 saturated carbocycles. The van der Waals surface area contributed by atoms with Crippen LogP contribution in [0.4, 0.5) is 0 Å². The Balaban J connectivity index is 2.91. The van der Waals surface area contributed by atoms with E-state index >= 15 is 0 Å². The molecule has 1 aromatic rings. The van der Waals surface area contributed by atoms with Gasteiger partial charge in [0.1, 0.15) is 18.1 Å². The number of aliphatic hydroxyl groups is 1. The molecule has 0 aliphatic heterocycles. The highest BCUT2D eigenvalue weighted by Gasteiger charge is 2.33. The summed E-state index contributed by atoms with van der Waals surface area (Å²) < 4.78 is 0. The molecular formula is C19H30N8O8. The number of hydrogen-bond acceptors (Lipinski definition) is 9. The first kappa shape index (κ1) is 29.0. The summed E-state index contributed by atoms with van der Waals surface area (Å²) in [5, 5.41) is 25.7. The van der Waals surface area contributed by atoms with Gasteiger partial charge in [0.05, 0.1) is 24.9 Å². The molecule has 16 nitrogen and oxygen atoms in total. The highest BCUT2D eigenvalue weighted by Crippen LogP contribution is 2.03. The number of nitrogens with two attached hydrogens (primary N) is 3. The molecule has 16 heteroatoms. The zero-order valence-corrected chi connectivity index (χ0v) is 18.9. The van der Waals surface area contributed by atoms with E-state index < -0.39 is 72.2 Å². The summed E-state index contributed by atoms with van der Waals surface area (Å²) in [5.74, 6) is -6.24. The van der Waals surface area contributed by atoms with Crippen LogP contribution in [-0.2, 0) is 35.2 Å². The zero-order valence-electron chi connectivity index (χ0n) is 18.9. The van der Waals surface area contributed by atoms with Crippen molar-refractivity contribution in [1.29, 1.82) is 0 Å². The molecule has 0 aliphatic rings. The molecular weight excluding hydrogens is 468 g/mol. The van der Waals surface area contributed by atoms with Crippen LogP contribution in [0, 0.1) is 0 Å². The van der Waals surface area contributed by atoms with Crippen LogP contribution in [0.1, 0.15) is 31.9 Å². The van der Waals surface area contributed by atoms with Gasteiger partial charge >= 0.3 is 5.97 Å². The largest absolute Gasteiger partial charge is 0.480 e.